The van der Waals surface area contributed by atoms with Crippen LogP contribution in [-0.2, 0) is 6.54 Å². The Morgan fingerprint density at radius 3 is 2.79 bits per heavy atom. The zero-order valence-electron chi connectivity index (χ0n) is 8.77. The van der Waals surface area contributed by atoms with Gasteiger partial charge in [0.15, 0.2) is 0 Å². The lowest BCUT2D eigenvalue weighted by Gasteiger charge is -2.27. The highest BCUT2D eigenvalue weighted by Crippen LogP contribution is 2.34. The van der Waals surface area contributed by atoms with E-state index in [4.69, 9.17) is 0 Å². The first-order valence-electron chi connectivity index (χ1n) is 5.18. The summed E-state index contributed by atoms with van der Waals surface area (Å²) >= 11 is 0. The van der Waals surface area contributed by atoms with Crippen LogP contribution in [0.25, 0.3) is 0 Å². The lowest BCUT2D eigenvalue weighted by molar-refractivity contribution is 0.107. The van der Waals surface area contributed by atoms with Crippen LogP contribution in [0, 0.1) is 0 Å². The maximum Gasteiger partial charge on any atom is 0.0628 e. The van der Waals surface area contributed by atoms with E-state index in [1.807, 2.05) is 6.07 Å². The van der Waals surface area contributed by atoms with Gasteiger partial charge in [0.1, 0.15) is 0 Å². The lowest BCUT2D eigenvalue weighted by Crippen LogP contribution is -2.31. The number of hydrogen-bond donors (Lipinski definition) is 1. The first-order valence-corrected chi connectivity index (χ1v) is 5.18. The van der Waals surface area contributed by atoms with Crippen LogP contribution in [0.1, 0.15) is 31.0 Å². The minimum atomic E-state index is 0.200. The van der Waals surface area contributed by atoms with Crippen molar-refractivity contribution in [3.8, 4) is 0 Å². The van der Waals surface area contributed by atoms with Crippen molar-refractivity contribution in [2.75, 3.05) is 6.61 Å². The Morgan fingerprint density at radius 1 is 1.43 bits per heavy atom. The van der Waals surface area contributed by atoms with Gasteiger partial charge >= 0.3 is 0 Å². The van der Waals surface area contributed by atoms with Crippen molar-refractivity contribution in [1.82, 2.24) is 4.90 Å². The average molecular weight is 191 g/mol. The molecule has 14 heavy (non-hydrogen) atoms. The van der Waals surface area contributed by atoms with E-state index in [9.17, 15) is 5.11 Å². The Hall–Kier alpha value is -0.860. The molecule has 1 aliphatic rings. The molecule has 0 radical (unpaired) electrons. The molecule has 0 aliphatic carbocycles. The predicted molar refractivity (Wildman–Crippen MR) is 56.9 cm³/mol. The molecule has 0 amide bonds. The number of aliphatic hydroxyl groups excluding tert-OH is 1. The normalized spacial score (nSPS) is 21.6. The summed E-state index contributed by atoms with van der Waals surface area (Å²) in [5.74, 6) is 0. The van der Waals surface area contributed by atoms with Crippen molar-refractivity contribution in [2.24, 2.45) is 0 Å². The molecule has 0 bridgehead atoms. The predicted octanol–water partition coefficient (Wildman–Crippen LogP) is 1.94. The Morgan fingerprint density at radius 2 is 2.14 bits per heavy atom. The van der Waals surface area contributed by atoms with Crippen LogP contribution < -0.4 is 0 Å². The monoisotopic (exact) mass is 191 g/mol. The van der Waals surface area contributed by atoms with Gasteiger partial charge in [-0.05, 0) is 25.0 Å². The lowest BCUT2D eigenvalue weighted by atomic mass is 10.1. The SMILES string of the molecule is CC(C)N1Cc2ccccc2C1CO. The Kier molecular flexibility index (Phi) is 2.57. The maximum atomic E-state index is 9.39. The van der Waals surface area contributed by atoms with Crippen molar-refractivity contribution in [3.63, 3.8) is 0 Å². The van der Waals surface area contributed by atoms with Crippen molar-refractivity contribution in [1.29, 1.82) is 0 Å². The summed E-state index contributed by atoms with van der Waals surface area (Å²) < 4.78 is 0. The molecular weight excluding hydrogens is 174 g/mol. The molecule has 1 heterocycles. The van der Waals surface area contributed by atoms with E-state index in [-0.39, 0.29) is 12.6 Å². The molecule has 0 saturated heterocycles. The average Bonchev–Trinajstić information content (AvgIpc) is 2.56. The highest BCUT2D eigenvalue weighted by molar-refractivity contribution is 5.34. The van der Waals surface area contributed by atoms with Crippen LogP contribution in [-0.4, -0.2) is 22.7 Å². The standard InChI is InChI=1S/C12H17NO/c1-9(2)13-7-10-5-3-4-6-11(10)12(13)8-14/h3-6,9,12,14H,7-8H2,1-2H3. The van der Waals surface area contributed by atoms with Crippen LogP contribution in [0.2, 0.25) is 0 Å². The van der Waals surface area contributed by atoms with Gasteiger partial charge in [0.05, 0.1) is 12.6 Å². The van der Waals surface area contributed by atoms with Crippen molar-refractivity contribution in [2.45, 2.75) is 32.5 Å². The van der Waals surface area contributed by atoms with Crippen molar-refractivity contribution in [3.05, 3.63) is 35.4 Å². The quantitative estimate of drug-likeness (QED) is 0.772. The summed E-state index contributed by atoms with van der Waals surface area (Å²) in [6.45, 7) is 5.54. The summed E-state index contributed by atoms with van der Waals surface area (Å²) in [7, 11) is 0. The molecule has 1 aromatic rings. The Balaban J connectivity index is 2.34. The number of benzene rings is 1. The molecule has 0 aromatic heterocycles. The third-order valence-electron chi connectivity index (χ3n) is 3.00. The smallest absolute Gasteiger partial charge is 0.0628 e. The molecule has 2 heteroatoms. The molecule has 2 rings (SSSR count). The molecule has 2 nitrogen and oxygen atoms in total. The third kappa shape index (κ3) is 1.45. The van der Waals surface area contributed by atoms with Gasteiger partial charge in [0.25, 0.3) is 0 Å². The number of rotatable bonds is 2. The minimum Gasteiger partial charge on any atom is -0.394 e. The van der Waals surface area contributed by atoms with Crippen molar-refractivity contribution < 1.29 is 5.11 Å². The van der Waals surface area contributed by atoms with Gasteiger partial charge in [-0.2, -0.15) is 0 Å². The molecule has 1 aromatic carbocycles. The molecule has 0 saturated carbocycles. The van der Waals surface area contributed by atoms with Gasteiger partial charge in [0, 0.05) is 12.6 Å². The van der Waals surface area contributed by atoms with E-state index in [1.54, 1.807) is 0 Å². The van der Waals surface area contributed by atoms with Crippen LogP contribution in [0.3, 0.4) is 0 Å². The topological polar surface area (TPSA) is 23.5 Å². The van der Waals surface area contributed by atoms with E-state index in [0.29, 0.717) is 6.04 Å². The van der Waals surface area contributed by atoms with Crippen molar-refractivity contribution >= 4 is 0 Å². The van der Waals surface area contributed by atoms with Gasteiger partial charge < -0.3 is 5.11 Å². The van der Waals surface area contributed by atoms with E-state index in [0.717, 1.165) is 6.54 Å². The highest BCUT2D eigenvalue weighted by Gasteiger charge is 2.30. The first kappa shape index (κ1) is 9.69. The molecule has 76 valence electrons. The fraction of sp³-hybridized carbons (Fsp3) is 0.500. The van der Waals surface area contributed by atoms with Gasteiger partial charge in [-0.15, -0.1) is 0 Å². The minimum absolute atomic E-state index is 0.200. The van der Waals surface area contributed by atoms with Gasteiger partial charge in [-0.25, -0.2) is 0 Å². The first-order chi connectivity index (χ1) is 6.74. The number of hydrogen-bond acceptors (Lipinski definition) is 2. The Bertz CT molecular complexity index is 322. The molecular formula is C12H17NO. The number of aliphatic hydroxyl groups is 1. The van der Waals surface area contributed by atoms with E-state index in [2.05, 4.69) is 36.9 Å². The van der Waals surface area contributed by atoms with E-state index < -0.39 is 0 Å². The Labute approximate surface area is 85.2 Å². The van der Waals surface area contributed by atoms with Crippen LogP contribution >= 0.6 is 0 Å². The van der Waals surface area contributed by atoms with Gasteiger partial charge in [0.2, 0.25) is 0 Å². The summed E-state index contributed by atoms with van der Waals surface area (Å²) in [5, 5.41) is 9.39. The molecule has 1 N–H and O–H groups in total. The highest BCUT2D eigenvalue weighted by atomic mass is 16.3. The molecule has 0 spiro atoms. The largest absolute Gasteiger partial charge is 0.394 e. The van der Waals surface area contributed by atoms with Gasteiger partial charge in [-0.3, -0.25) is 4.90 Å². The summed E-state index contributed by atoms with van der Waals surface area (Å²) in [4.78, 5) is 2.34. The summed E-state index contributed by atoms with van der Waals surface area (Å²) in [5.41, 5.74) is 2.66. The molecule has 1 atom stereocenters. The number of fused-ring (bicyclic) bond motifs is 1. The molecule has 0 fully saturated rings. The number of nitrogens with zero attached hydrogens (tertiary/aromatic N) is 1. The second kappa shape index (κ2) is 3.71. The summed E-state index contributed by atoms with van der Waals surface area (Å²) in [6, 6.07) is 9.08. The van der Waals surface area contributed by atoms with E-state index >= 15 is 0 Å². The fourth-order valence-electron chi connectivity index (χ4n) is 2.23. The van der Waals surface area contributed by atoms with Gasteiger partial charge in [-0.1, -0.05) is 24.3 Å². The second-order valence-corrected chi connectivity index (χ2v) is 4.16. The maximum absolute atomic E-state index is 9.39. The van der Waals surface area contributed by atoms with Crippen LogP contribution in [0.5, 0.6) is 0 Å². The second-order valence-electron chi connectivity index (χ2n) is 4.16. The van der Waals surface area contributed by atoms with Crippen LogP contribution in [0.4, 0.5) is 0 Å². The summed E-state index contributed by atoms with van der Waals surface area (Å²) in [6.07, 6.45) is 0. The molecule has 1 aliphatic heterocycles. The zero-order chi connectivity index (χ0) is 10.1. The zero-order valence-corrected chi connectivity index (χ0v) is 8.77. The van der Waals surface area contributed by atoms with Crippen LogP contribution in [0.15, 0.2) is 24.3 Å². The molecule has 1 unspecified atom stereocenters. The van der Waals surface area contributed by atoms with E-state index in [1.165, 1.54) is 11.1 Å². The third-order valence-corrected chi connectivity index (χ3v) is 3.00. The fourth-order valence-corrected chi connectivity index (χ4v) is 2.23.